The first-order valence-electron chi connectivity index (χ1n) is 4.96. The molecule has 1 aliphatic heterocycles. The predicted molar refractivity (Wildman–Crippen MR) is 53.4 cm³/mol. The first-order valence-corrected chi connectivity index (χ1v) is 4.96. The summed E-state index contributed by atoms with van der Waals surface area (Å²) in [6, 6.07) is 3.57. The van der Waals surface area contributed by atoms with Crippen LogP contribution in [0.4, 0.5) is 0 Å². The van der Waals surface area contributed by atoms with E-state index in [1.807, 2.05) is 19.1 Å². The highest BCUT2D eigenvalue weighted by Crippen LogP contribution is 2.16. The number of hydrogen-bond donors (Lipinski definition) is 1. The number of nitrogens with one attached hydrogen (secondary N) is 1. The predicted octanol–water partition coefficient (Wildman–Crippen LogP) is -0.140. The maximum absolute atomic E-state index is 11.9. The largest absolute Gasteiger partial charge is 0.315 e. The van der Waals surface area contributed by atoms with E-state index in [1.54, 1.807) is 0 Å². The van der Waals surface area contributed by atoms with E-state index in [9.17, 15) is 4.79 Å². The number of rotatable bonds is 3. The van der Waals surface area contributed by atoms with Gasteiger partial charge < -0.3 is 10.2 Å². The molecular formula is C10H14N4O. The Kier molecular flexibility index (Phi) is 4.08. The van der Waals surface area contributed by atoms with E-state index in [0.29, 0.717) is 0 Å². The van der Waals surface area contributed by atoms with E-state index >= 15 is 0 Å². The van der Waals surface area contributed by atoms with Crippen LogP contribution in [0.1, 0.15) is 13.3 Å². The second-order valence-electron chi connectivity index (χ2n) is 3.71. The lowest BCUT2D eigenvalue weighted by molar-refractivity contribution is -0.132. The lowest BCUT2D eigenvalue weighted by Gasteiger charge is -2.22. The van der Waals surface area contributed by atoms with Crippen molar-refractivity contribution in [2.24, 2.45) is 5.92 Å². The SMILES string of the molecule is CC1CCNC1C(=O)N(CC#N)CC#N. The highest BCUT2D eigenvalue weighted by atomic mass is 16.2. The quantitative estimate of drug-likeness (QED) is 0.652. The van der Waals surface area contributed by atoms with E-state index in [1.165, 1.54) is 4.90 Å². The number of amides is 1. The maximum Gasteiger partial charge on any atom is 0.241 e. The fourth-order valence-electron chi connectivity index (χ4n) is 1.74. The van der Waals surface area contributed by atoms with Gasteiger partial charge in [0, 0.05) is 0 Å². The molecule has 1 heterocycles. The molecule has 0 bridgehead atoms. The molecule has 5 heteroatoms. The summed E-state index contributed by atoms with van der Waals surface area (Å²) in [6.07, 6.45) is 0.962. The van der Waals surface area contributed by atoms with Crippen LogP contribution in [0.25, 0.3) is 0 Å². The van der Waals surface area contributed by atoms with Crippen LogP contribution in [-0.2, 0) is 4.79 Å². The molecule has 0 radical (unpaired) electrons. The number of carbonyl (C=O) groups is 1. The van der Waals surface area contributed by atoms with Gasteiger partial charge in [0.15, 0.2) is 0 Å². The number of nitrogens with zero attached hydrogens (tertiary/aromatic N) is 3. The first kappa shape index (κ1) is 11.5. The summed E-state index contributed by atoms with van der Waals surface area (Å²) in [7, 11) is 0. The minimum absolute atomic E-state index is 0.0166. The van der Waals surface area contributed by atoms with Crippen LogP contribution in [0.3, 0.4) is 0 Å². The van der Waals surface area contributed by atoms with Crippen molar-refractivity contribution in [3.63, 3.8) is 0 Å². The molecule has 15 heavy (non-hydrogen) atoms. The number of carbonyl (C=O) groups excluding carboxylic acids is 1. The first-order chi connectivity index (χ1) is 7.20. The molecule has 5 nitrogen and oxygen atoms in total. The zero-order valence-electron chi connectivity index (χ0n) is 8.73. The Hall–Kier alpha value is -1.59. The number of hydrogen-bond acceptors (Lipinski definition) is 4. The van der Waals surface area contributed by atoms with Crippen LogP contribution in [0, 0.1) is 28.6 Å². The molecule has 0 aromatic rings. The van der Waals surface area contributed by atoms with Crippen LogP contribution in [0.2, 0.25) is 0 Å². The molecule has 0 aromatic carbocycles. The van der Waals surface area contributed by atoms with Crippen LogP contribution in [-0.4, -0.2) is 36.5 Å². The second-order valence-corrected chi connectivity index (χ2v) is 3.71. The topological polar surface area (TPSA) is 79.9 Å². The van der Waals surface area contributed by atoms with Crippen molar-refractivity contribution < 1.29 is 4.79 Å². The maximum atomic E-state index is 11.9. The Morgan fingerprint density at radius 3 is 2.47 bits per heavy atom. The normalized spacial score (nSPS) is 24.2. The average molecular weight is 206 g/mol. The molecule has 1 aliphatic rings. The van der Waals surface area contributed by atoms with Crippen molar-refractivity contribution in [3.8, 4) is 12.1 Å². The van der Waals surface area contributed by atoms with Gasteiger partial charge in [-0.25, -0.2) is 0 Å². The molecule has 0 spiro atoms. The molecule has 80 valence electrons. The summed E-state index contributed by atoms with van der Waals surface area (Å²) in [4.78, 5) is 13.2. The van der Waals surface area contributed by atoms with Gasteiger partial charge in [0.05, 0.1) is 18.2 Å². The van der Waals surface area contributed by atoms with Crippen LogP contribution in [0.5, 0.6) is 0 Å². The van der Waals surface area contributed by atoms with E-state index in [0.717, 1.165) is 13.0 Å². The van der Waals surface area contributed by atoms with Crippen LogP contribution >= 0.6 is 0 Å². The van der Waals surface area contributed by atoms with E-state index < -0.39 is 0 Å². The van der Waals surface area contributed by atoms with Crippen molar-refractivity contribution in [1.82, 2.24) is 10.2 Å². The molecule has 2 atom stereocenters. The molecule has 0 aromatic heterocycles. The fourth-order valence-corrected chi connectivity index (χ4v) is 1.74. The van der Waals surface area contributed by atoms with Gasteiger partial charge >= 0.3 is 0 Å². The molecular weight excluding hydrogens is 192 g/mol. The Morgan fingerprint density at radius 2 is 2.07 bits per heavy atom. The van der Waals surface area contributed by atoms with Crippen LogP contribution < -0.4 is 5.32 Å². The van der Waals surface area contributed by atoms with Gasteiger partial charge in [-0.05, 0) is 18.9 Å². The van der Waals surface area contributed by atoms with Crippen molar-refractivity contribution in [2.75, 3.05) is 19.6 Å². The van der Waals surface area contributed by atoms with Gasteiger partial charge in [0.2, 0.25) is 5.91 Å². The summed E-state index contributed by atoms with van der Waals surface area (Å²) in [5.41, 5.74) is 0. The van der Waals surface area contributed by atoms with Gasteiger partial charge in [-0.15, -0.1) is 0 Å². The van der Waals surface area contributed by atoms with E-state index in [-0.39, 0.29) is 31.0 Å². The summed E-state index contributed by atoms with van der Waals surface area (Å²) >= 11 is 0. The van der Waals surface area contributed by atoms with Crippen molar-refractivity contribution in [3.05, 3.63) is 0 Å². The molecule has 1 rings (SSSR count). The monoisotopic (exact) mass is 206 g/mol. The fraction of sp³-hybridized carbons (Fsp3) is 0.700. The Morgan fingerprint density at radius 1 is 1.47 bits per heavy atom. The van der Waals surface area contributed by atoms with Crippen molar-refractivity contribution in [1.29, 1.82) is 10.5 Å². The van der Waals surface area contributed by atoms with Crippen molar-refractivity contribution in [2.45, 2.75) is 19.4 Å². The van der Waals surface area contributed by atoms with Gasteiger partial charge in [-0.2, -0.15) is 10.5 Å². The molecule has 1 saturated heterocycles. The van der Waals surface area contributed by atoms with Crippen LogP contribution in [0.15, 0.2) is 0 Å². The summed E-state index contributed by atoms with van der Waals surface area (Å²) in [6.45, 7) is 2.79. The molecule has 1 amide bonds. The van der Waals surface area contributed by atoms with Gasteiger partial charge in [-0.3, -0.25) is 4.79 Å². The van der Waals surface area contributed by atoms with Gasteiger partial charge in [0.1, 0.15) is 13.1 Å². The standard InChI is InChI=1S/C10H14N4O/c1-8-2-5-13-9(8)10(15)14(6-3-11)7-4-12/h8-9,13H,2,5-7H2,1H3. The van der Waals surface area contributed by atoms with E-state index in [4.69, 9.17) is 10.5 Å². The summed E-state index contributed by atoms with van der Waals surface area (Å²) < 4.78 is 0. The third kappa shape index (κ3) is 2.68. The molecule has 0 aliphatic carbocycles. The molecule has 1 fully saturated rings. The zero-order valence-corrected chi connectivity index (χ0v) is 8.73. The van der Waals surface area contributed by atoms with E-state index in [2.05, 4.69) is 5.32 Å². The summed E-state index contributed by atoms with van der Waals surface area (Å²) in [5, 5.41) is 20.2. The average Bonchev–Trinajstić information content (AvgIpc) is 2.63. The lowest BCUT2D eigenvalue weighted by Crippen LogP contribution is -2.46. The summed E-state index contributed by atoms with van der Waals surface area (Å²) in [5.74, 6) is 0.139. The minimum atomic E-state index is -0.230. The minimum Gasteiger partial charge on any atom is -0.315 e. The molecule has 2 unspecified atom stereocenters. The molecule has 0 saturated carbocycles. The third-order valence-corrected chi connectivity index (χ3v) is 2.63. The Labute approximate surface area is 89.3 Å². The Balaban J connectivity index is 2.64. The Bertz CT molecular complexity index is 298. The second kappa shape index (κ2) is 5.33. The molecule has 1 N–H and O–H groups in total. The van der Waals surface area contributed by atoms with Gasteiger partial charge in [0.25, 0.3) is 0 Å². The highest BCUT2D eigenvalue weighted by Gasteiger charge is 2.32. The zero-order chi connectivity index (χ0) is 11.3. The highest BCUT2D eigenvalue weighted by molar-refractivity contribution is 5.83. The third-order valence-electron chi connectivity index (χ3n) is 2.63. The lowest BCUT2D eigenvalue weighted by atomic mass is 10.0. The van der Waals surface area contributed by atoms with Gasteiger partial charge in [-0.1, -0.05) is 6.92 Å². The number of nitriles is 2. The van der Waals surface area contributed by atoms with Crippen molar-refractivity contribution >= 4 is 5.91 Å². The smallest absolute Gasteiger partial charge is 0.241 e.